The van der Waals surface area contributed by atoms with Crippen LogP contribution in [0, 0.1) is 0 Å². The first-order valence-corrected chi connectivity index (χ1v) is 9.47. The maximum atomic E-state index is 12.7. The van der Waals surface area contributed by atoms with Crippen LogP contribution in [0.3, 0.4) is 0 Å². The minimum absolute atomic E-state index is 0.0319. The van der Waals surface area contributed by atoms with Crippen molar-refractivity contribution < 1.29 is 4.79 Å². The molecular formula is C20H22ClN5O. The highest BCUT2D eigenvalue weighted by molar-refractivity contribution is 6.30. The third-order valence-corrected chi connectivity index (χ3v) is 5.36. The maximum Gasteiger partial charge on any atom is 0.244 e. The van der Waals surface area contributed by atoms with Crippen LogP contribution >= 0.6 is 11.6 Å². The summed E-state index contributed by atoms with van der Waals surface area (Å²) in [5, 5.41) is 12.3. The van der Waals surface area contributed by atoms with E-state index in [-0.39, 0.29) is 5.91 Å². The van der Waals surface area contributed by atoms with E-state index in [4.69, 9.17) is 17.3 Å². The summed E-state index contributed by atoms with van der Waals surface area (Å²) in [6.07, 6.45) is 3.60. The Morgan fingerprint density at radius 3 is 2.70 bits per heavy atom. The lowest BCUT2D eigenvalue weighted by atomic mass is 10.0. The van der Waals surface area contributed by atoms with Gasteiger partial charge in [0.1, 0.15) is 6.04 Å². The molecule has 4 N–H and O–H groups in total. The number of hydrogen-bond donors (Lipinski definition) is 3. The highest BCUT2D eigenvalue weighted by atomic mass is 35.5. The number of rotatable bonds is 4. The second-order valence-electron chi connectivity index (χ2n) is 6.95. The number of likely N-dealkylation sites (tertiary alicyclic amines) is 1. The normalized spacial score (nSPS) is 16.4. The van der Waals surface area contributed by atoms with Crippen molar-refractivity contribution in [1.29, 1.82) is 0 Å². The molecule has 0 spiro atoms. The highest BCUT2D eigenvalue weighted by Crippen LogP contribution is 2.23. The number of carbonyl (C=O) groups excluding carboxylic acids is 1. The number of piperidine rings is 1. The van der Waals surface area contributed by atoms with Crippen LogP contribution in [0.25, 0.3) is 10.9 Å². The Kier molecular flexibility index (Phi) is 5.01. The van der Waals surface area contributed by atoms with E-state index in [2.05, 4.69) is 27.6 Å². The van der Waals surface area contributed by atoms with Crippen LogP contribution in [0.2, 0.25) is 5.02 Å². The summed E-state index contributed by atoms with van der Waals surface area (Å²) in [7, 11) is 0. The zero-order chi connectivity index (χ0) is 18.8. The summed E-state index contributed by atoms with van der Waals surface area (Å²) < 4.78 is 0. The number of benzene rings is 2. The van der Waals surface area contributed by atoms with E-state index in [9.17, 15) is 4.79 Å². The molecule has 2 heterocycles. The number of nitrogens with one attached hydrogen (secondary N) is 2. The number of amides is 1. The van der Waals surface area contributed by atoms with E-state index in [0.29, 0.717) is 24.2 Å². The molecule has 7 heteroatoms. The SMILES string of the molecule is NC(C(=O)N1CCC(Nc2ccc3[nH]ncc3c2)CC1)c1ccc(Cl)cc1. The van der Waals surface area contributed by atoms with Gasteiger partial charge in [-0.15, -0.1) is 0 Å². The largest absolute Gasteiger partial charge is 0.382 e. The summed E-state index contributed by atoms with van der Waals surface area (Å²) in [6.45, 7) is 1.40. The van der Waals surface area contributed by atoms with Gasteiger partial charge >= 0.3 is 0 Å². The number of carbonyl (C=O) groups is 1. The van der Waals surface area contributed by atoms with Crippen molar-refractivity contribution in [2.24, 2.45) is 5.73 Å². The van der Waals surface area contributed by atoms with Gasteiger partial charge in [-0.2, -0.15) is 5.10 Å². The summed E-state index contributed by atoms with van der Waals surface area (Å²) in [5.41, 5.74) is 9.05. The van der Waals surface area contributed by atoms with Crippen molar-refractivity contribution in [3.63, 3.8) is 0 Å². The molecule has 1 unspecified atom stereocenters. The number of aromatic amines is 1. The predicted molar refractivity (Wildman–Crippen MR) is 108 cm³/mol. The summed E-state index contributed by atoms with van der Waals surface area (Å²) in [4.78, 5) is 14.6. The number of nitrogens with two attached hydrogens (primary N) is 1. The van der Waals surface area contributed by atoms with Crippen LogP contribution in [0.15, 0.2) is 48.7 Å². The molecule has 1 saturated heterocycles. The van der Waals surface area contributed by atoms with Crippen molar-refractivity contribution in [1.82, 2.24) is 15.1 Å². The van der Waals surface area contributed by atoms with Gasteiger partial charge in [0.15, 0.2) is 0 Å². The maximum absolute atomic E-state index is 12.7. The fourth-order valence-corrected chi connectivity index (χ4v) is 3.65. The Labute approximate surface area is 162 Å². The van der Waals surface area contributed by atoms with E-state index in [1.807, 2.05) is 29.3 Å². The smallest absolute Gasteiger partial charge is 0.244 e. The van der Waals surface area contributed by atoms with Crippen LogP contribution in [0.1, 0.15) is 24.4 Å². The average Bonchev–Trinajstić information content (AvgIpc) is 3.16. The van der Waals surface area contributed by atoms with E-state index >= 15 is 0 Å². The third-order valence-electron chi connectivity index (χ3n) is 5.11. The van der Waals surface area contributed by atoms with Gasteiger partial charge in [0.2, 0.25) is 5.91 Å². The van der Waals surface area contributed by atoms with Crippen molar-refractivity contribution >= 4 is 34.1 Å². The van der Waals surface area contributed by atoms with Crippen molar-refractivity contribution in [3.05, 3.63) is 59.2 Å². The molecule has 0 aliphatic carbocycles. The Bertz CT molecular complexity index is 931. The lowest BCUT2D eigenvalue weighted by Crippen LogP contribution is -2.45. The molecule has 0 radical (unpaired) electrons. The third kappa shape index (κ3) is 3.91. The first-order chi connectivity index (χ1) is 13.1. The van der Waals surface area contributed by atoms with E-state index in [1.54, 1.807) is 12.1 Å². The molecule has 1 aromatic heterocycles. The predicted octanol–water partition coefficient (Wildman–Crippen LogP) is 3.32. The molecule has 1 amide bonds. The van der Waals surface area contributed by atoms with Crippen LogP contribution < -0.4 is 11.1 Å². The van der Waals surface area contributed by atoms with Gasteiger partial charge in [-0.3, -0.25) is 9.89 Å². The molecule has 3 aromatic rings. The van der Waals surface area contributed by atoms with E-state index < -0.39 is 6.04 Å². The Hall–Kier alpha value is -2.57. The molecule has 140 valence electrons. The minimum atomic E-state index is -0.643. The van der Waals surface area contributed by atoms with Crippen molar-refractivity contribution in [3.8, 4) is 0 Å². The average molecular weight is 384 g/mol. The molecule has 2 aromatic carbocycles. The zero-order valence-corrected chi connectivity index (χ0v) is 15.6. The number of hydrogen-bond acceptors (Lipinski definition) is 4. The van der Waals surface area contributed by atoms with Gasteiger partial charge in [-0.1, -0.05) is 23.7 Å². The van der Waals surface area contributed by atoms with Gasteiger partial charge in [-0.05, 0) is 48.7 Å². The summed E-state index contributed by atoms with van der Waals surface area (Å²) in [6, 6.07) is 13.0. The fourth-order valence-electron chi connectivity index (χ4n) is 3.52. The van der Waals surface area contributed by atoms with Gasteiger partial charge in [0.25, 0.3) is 0 Å². The highest BCUT2D eigenvalue weighted by Gasteiger charge is 2.27. The molecule has 1 fully saturated rings. The Balaban J connectivity index is 1.33. The second-order valence-corrected chi connectivity index (χ2v) is 7.38. The molecule has 6 nitrogen and oxygen atoms in total. The topological polar surface area (TPSA) is 87.0 Å². The number of anilines is 1. The van der Waals surface area contributed by atoms with E-state index in [1.165, 1.54) is 0 Å². The number of halogens is 1. The van der Waals surface area contributed by atoms with Gasteiger partial charge in [-0.25, -0.2) is 0 Å². The van der Waals surface area contributed by atoms with Gasteiger partial charge in [0, 0.05) is 35.2 Å². The standard InChI is InChI=1S/C20H22ClN5O/c21-15-3-1-13(2-4-15)19(22)20(27)26-9-7-16(8-10-26)24-17-5-6-18-14(11-17)12-23-25-18/h1-6,11-12,16,19,24H,7-10,22H2,(H,23,25). The van der Waals surface area contributed by atoms with Crippen LogP contribution in [0.5, 0.6) is 0 Å². The van der Waals surface area contributed by atoms with Crippen LogP contribution in [0.4, 0.5) is 5.69 Å². The Morgan fingerprint density at radius 2 is 1.96 bits per heavy atom. The monoisotopic (exact) mass is 383 g/mol. The number of H-pyrrole nitrogens is 1. The van der Waals surface area contributed by atoms with E-state index in [0.717, 1.165) is 35.0 Å². The lowest BCUT2D eigenvalue weighted by molar-refractivity contribution is -0.133. The molecule has 0 bridgehead atoms. The van der Waals surface area contributed by atoms with Gasteiger partial charge < -0.3 is 16.0 Å². The number of nitrogens with zero attached hydrogens (tertiary/aromatic N) is 2. The number of fused-ring (bicyclic) bond motifs is 1. The summed E-state index contributed by atoms with van der Waals surface area (Å²) >= 11 is 5.90. The minimum Gasteiger partial charge on any atom is -0.382 e. The van der Waals surface area contributed by atoms with Crippen molar-refractivity contribution in [2.45, 2.75) is 24.9 Å². The molecule has 1 atom stereocenters. The number of aromatic nitrogens is 2. The molecular weight excluding hydrogens is 362 g/mol. The zero-order valence-electron chi connectivity index (χ0n) is 14.9. The van der Waals surface area contributed by atoms with Gasteiger partial charge in [0.05, 0.1) is 11.7 Å². The van der Waals surface area contributed by atoms with Crippen LogP contribution in [-0.2, 0) is 4.79 Å². The molecule has 1 aliphatic heterocycles. The first-order valence-electron chi connectivity index (χ1n) is 9.09. The first kappa shape index (κ1) is 17.8. The molecule has 4 rings (SSSR count). The lowest BCUT2D eigenvalue weighted by Gasteiger charge is -2.34. The fraction of sp³-hybridized carbons (Fsp3) is 0.300. The Morgan fingerprint density at radius 1 is 1.22 bits per heavy atom. The quantitative estimate of drug-likeness (QED) is 0.645. The molecule has 27 heavy (non-hydrogen) atoms. The van der Waals surface area contributed by atoms with Crippen molar-refractivity contribution in [2.75, 3.05) is 18.4 Å². The summed E-state index contributed by atoms with van der Waals surface area (Å²) in [5.74, 6) is -0.0319. The molecule has 0 saturated carbocycles. The molecule has 1 aliphatic rings. The van der Waals surface area contributed by atoms with Crippen LogP contribution in [-0.4, -0.2) is 40.1 Å². The second kappa shape index (κ2) is 7.58.